The van der Waals surface area contributed by atoms with Crippen LogP contribution in [-0.4, -0.2) is 64.3 Å². The van der Waals surface area contributed by atoms with Crippen molar-refractivity contribution in [2.24, 2.45) is 0 Å². The lowest BCUT2D eigenvalue weighted by molar-refractivity contribution is -0.437. The molecule has 1 N–H and O–H groups in total. The van der Waals surface area contributed by atoms with Gasteiger partial charge in [0.25, 0.3) is 0 Å². The lowest BCUT2D eigenvalue weighted by Gasteiger charge is -2.65. The molecule has 1 saturated heterocycles. The van der Waals surface area contributed by atoms with Crippen molar-refractivity contribution in [3.8, 4) is 0 Å². The summed E-state index contributed by atoms with van der Waals surface area (Å²) in [7, 11) is 1.07. The molecule has 0 spiro atoms. The average molecular weight is 404 g/mol. The van der Waals surface area contributed by atoms with E-state index in [1.165, 1.54) is 27.7 Å². The van der Waals surface area contributed by atoms with Gasteiger partial charge in [0, 0.05) is 20.8 Å². The number of methoxy groups -OCH3 is 1. The Morgan fingerprint density at radius 3 is 1.43 bits per heavy atom. The summed E-state index contributed by atoms with van der Waals surface area (Å²) >= 11 is 0. The third-order valence-electron chi connectivity index (χ3n) is 5.64. The van der Waals surface area contributed by atoms with Crippen LogP contribution in [-0.2, 0) is 42.9 Å². The number of aliphatic hydroxyl groups is 1. The molecule has 1 fully saturated rings. The van der Waals surface area contributed by atoms with Gasteiger partial charge in [0.1, 0.15) is 0 Å². The standard InChI is InChI=1S/C18H28O10/c1-10(19)25-15(5)14(4,13(22)24-9)28-18(8,23)17(7,27-12(3)21)16(15,6)26-11(2)20/h23H,1-9H3/t14-,15-,16-,17-,18+/m0/s1. The van der Waals surface area contributed by atoms with E-state index < -0.39 is 52.1 Å². The van der Waals surface area contributed by atoms with E-state index in [9.17, 15) is 24.3 Å². The first-order valence-corrected chi connectivity index (χ1v) is 8.54. The van der Waals surface area contributed by atoms with Crippen molar-refractivity contribution in [1.29, 1.82) is 0 Å². The first-order valence-electron chi connectivity index (χ1n) is 8.54. The fraction of sp³-hybridized carbons (Fsp3) is 0.778. The fourth-order valence-electron chi connectivity index (χ4n) is 3.82. The van der Waals surface area contributed by atoms with Gasteiger partial charge in [0.15, 0.2) is 11.2 Å². The third kappa shape index (κ3) is 3.14. The van der Waals surface area contributed by atoms with Crippen molar-refractivity contribution < 1.29 is 48.0 Å². The minimum atomic E-state index is -2.37. The van der Waals surface area contributed by atoms with Crippen molar-refractivity contribution in [3.63, 3.8) is 0 Å². The summed E-state index contributed by atoms with van der Waals surface area (Å²) < 4.78 is 26.8. The number of hydrogen-bond donors (Lipinski definition) is 1. The van der Waals surface area contributed by atoms with Crippen LogP contribution in [0.5, 0.6) is 0 Å². The number of ether oxygens (including phenoxy) is 5. The normalized spacial score (nSPS) is 40.2. The molecule has 0 saturated carbocycles. The second kappa shape index (κ2) is 7.00. The quantitative estimate of drug-likeness (QED) is 0.525. The molecule has 10 heteroatoms. The van der Waals surface area contributed by atoms with Crippen LogP contribution >= 0.6 is 0 Å². The van der Waals surface area contributed by atoms with Gasteiger partial charge in [-0.05, 0) is 34.6 Å². The van der Waals surface area contributed by atoms with Gasteiger partial charge in [0.2, 0.25) is 17.0 Å². The molecule has 0 aromatic carbocycles. The summed E-state index contributed by atoms with van der Waals surface area (Å²) in [4.78, 5) is 48.4. The number of rotatable bonds is 4. The molecule has 1 heterocycles. The molecule has 10 nitrogen and oxygen atoms in total. The zero-order chi connectivity index (χ0) is 22.3. The van der Waals surface area contributed by atoms with E-state index >= 15 is 0 Å². The molecule has 0 aromatic rings. The molecule has 0 aromatic heterocycles. The first kappa shape index (κ1) is 23.8. The first-order chi connectivity index (χ1) is 12.4. The Bertz CT molecular complexity index is 700. The second-order valence-electron chi connectivity index (χ2n) is 7.49. The van der Waals surface area contributed by atoms with Crippen molar-refractivity contribution >= 4 is 23.9 Å². The molecule has 0 bridgehead atoms. The summed E-state index contributed by atoms with van der Waals surface area (Å²) in [5.74, 6) is -5.90. The Morgan fingerprint density at radius 1 is 0.714 bits per heavy atom. The lowest BCUT2D eigenvalue weighted by Crippen LogP contribution is -2.87. The van der Waals surface area contributed by atoms with Gasteiger partial charge in [-0.1, -0.05) is 0 Å². The van der Waals surface area contributed by atoms with Gasteiger partial charge in [0.05, 0.1) is 7.11 Å². The number of carbonyl (C=O) groups excluding carboxylic acids is 4. The van der Waals surface area contributed by atoms with E-state index in [1.54, 1.807) is 0 Å². The smallest absolute Gasteiger partial charge is 0.342 e. The molecule has 160 valence electrons. The molecule has 0 unspecified atom stereocenters. The van der Waals surface area contributed by atoms with Crippen LogP contribution in [0.2, 0.25) is 0 Å². The van der Waals surface area contributed by atoms with Gasteiger partial charge in [-0.15, -0.1) is 0 Å². The van der Waals surface area contributed by atoms with Crippen LogP contribution in [0.3, 0.4) is 0 Å². The van der Waals surface area contributed by atoms with Crippen molar-refractivity contribution in [2.45, 2.75) is 83.6 Å². The predicted molar refractivity (Wildman–Crippen MR) is 92.6 cm³/mol. The Kier molecular flexibility index (Phi) is 5.96. The number of carbonyl (C=O) groups is 4. The maximum absolute atomic E-state index is 12.7. The third-order valence-corrected chi connectivity index (χ3v) is 5.64. The molecule has 1 rings (SSSR count). The fourth-order valence-corrected chi connectivity index (χ4v) is 3.82. The van der Waals surface area contributed by atoms with E-state index in [2.05, 4.69) is 0 Å². The molecule has 1 aliphatic heterocycles. The minimum Gasteiger partial charge on any atom is -0.467 e. The zero-order valence-electron chi connectivity index (χ0n) is 17.6. The van der Waals surface area contributed by atoms with Gasteiger partial charge in [-0.25, -0.2) is 4.79 Å². The Morgan fingerprint density at radius 2 is 1.07 bits per heavy atom. The van der Waals surface area contributed by atoms with Crippen LogP contribution in [0.25, 0.3) is 0 Å². The van der Waals surface area contributed by atoms with Crippen LogP contribution < -0.4 is 0 Å². The Balaban J connectivity index is 4.02. The average Bonchev–Trinajstić information content (AvgIpc) is 2.49. The molecule has 0 radical (unpaired) electrons. The van der Waals surface area contributed by atoms with E-state index in [0.29, 0.717) is 0 Å². The minimum absolute atomic E-state index is 0.836. The zero-order valence-corrected chi connectivity index (χ0v) is 17.6. The highest BCUT2D eigenvalue weighted by Crippen LogP contribution is 2.58. The summed E-state index contributed by atoms with van der Waals surface area (Å²) in [6.45, 7) is 9.37. The largest absolute Gasteiger partial charge is 0.467 e. The molecule has 28 heavy (non-hydrogen) atoms. The molecule has 5 atom stereocenters. The van der Waals surface area contributed by atoms with E-state index in [4.69, 9.17) is 23.7 Å². The number of esters is 4. The summed E-state index contributed by atoms with van der Waals surface area (Å²) in [5, 5.41) is 11.1. The van der Waals surface area contributed by atoms with Crippen LogP contribution in [0.1, 0.15) is 55.4 Å². The number of hydrogen-bond acceptors (Lipinski definition) is 10. The van der Waals surface area contributed by atoms with E-state index in [-0.39, 0.29) is 0 Å². The van der Waals surface area contributed by atoms with Gasteiger partial charge >= 0.3 is 23.9 Å². The molecule has 1 aliphatic rings. The summed E-state index contributed by atoms with van der Waals surface area (Å²) in [6, 6.07) is 0. The lowest BCUT2D eigenvalue weighted by atomic mass is 9.60. The predicted octanol–water partition coefficient (Wildman–Crippen LogP) is 0.622. The maximum Gasteiger partial charge on any atom is 0.342 e. The second-order valence-corrected chi connectivity index (χ2v) is 7.49. The molecular formula is C18H28O10. The van der Waals surface area contributed by atoms with Gasteiger partial charge < -0.3 is 28.8 Å². The van der Waals surface area contributed by atoms with Crippen LogP contribution in [0, 0.1) is 0 Å². The van der Waals surface area contributed by atoms with Crippen molar-refractivity contribution in [2.75, 3.05) is 7.11 Å². The van der Waals surface area contributed by atoms with E-state index in [0.717, 1.165) is 34.8 Å². The highest BCUT2D eigenvalue weighted by atomic mass is 16.7. The summed E-state index contributed by atoms with van der Waals surface area (Å²) in [6.07, 6.45) is 0. The Hall–Kier alpha value is -2.20. The monoisotopic (exact) mass is 404 g/mol. The molecular weight excluding hydrogens is 376 g/mol. The molecule has 0 aliphatic carbocycles. The maximum atomic E-state index is 12.7. The molecule has 0 amide bonds. The van der Waals surface area contributed by atoms with Gasteiger partial charge in [-0.3, -0.25) is 14.4 Å². The SMILES string of the molecule is COC(=O)[C@]1(C)O[C@@](C)(O)[C@@](C)(OC(C)=O)[C@@](C)(OC(C)=O)[C@@]1(C)OC(C)=O. The summed E-state index contributed by atoms with van der Waals surface area (Å²) in [5.41, 5.74) is -8.43. The van der Waals surface area contributed by atoms with Crippen LogP contribution in [0.4, 0.5) is 0 Å². The Labute approximate surface area is 163 Å². The van der Waals surface area contributed by atoms with Crippen molar-refractivity contribution in [3.05, 3.63) is 0 Å². The highest BCUT2D eigenvalue weighted by molar-refractivity contribution is 5.83. The van der Waals surface area contributed by atoms with Crippen molar-refractivity contribution in [1.82, 2.24) is 0 Å². The van der Waals surface area contributed by atoms with Gasteiger partial charge in [-0.2, -0.15) is 0 Å². The highest BCUT2D eigenvalue weighted by Gasteiger charge is 2.82. The topological polar surface area (TPSA) is 135 Å². The van der Waals surface area contributed by atoms with E-state index in [1.807, 2.05) is 0 Å². The van der Waals surface area contributed by atoms with Crippen LogP contribution in [0.15, 0.2) is 0 Å².